The van der Waals surface area contributed by atoms with Crippen molar-refractivity contribution in [1.82, 2.24) is 14.8 Å². The number of hydrogen-bond donors (Lipinski definition) is 1. The number of thioether (sulfide) groups is 1. The van der Waals surface area contributed by atoms with Gasteiger partial charge in [-0.3, -0.25) is 4.79 Å². The van der Waals surface area contributed by atoms with E-state index in [0.29, 0.717) is 27.7 Å². The Hall–Kier alpha value is -2.29. The normalized spacial score (nSPS) is 11.4. The molecule has 2 heterocycles. The molecule has 0 unspecified atom stereocenters. The second kappa shape index (κ2) is 9.06. The molecule has 0 spiro atoms. The van der Waals surface area contributed by atoms with Crippen LogP contribution in [0, 0.1) is 0 Å². The predicted molar refractivity (Wildman–Crippen MR) is 129 cm³/mol. The van der Waals surface area contributed by atoms with E-state index in [0.717, 1.165) is 26.7 Å². The highest BCUT2D eigenvalue weighted by Gasteiger charge is 2.17. The molecule has 6 nitrogen and oxygen atoms in total. The van der Waals surface area contributed by atoms with Crippen LogP contribution in [0.25, 0.3) is 22.6 Å². The average Bonchev–Trinajstić information content (AvgIpc) is 3.30. The minimum atomic E-state index is -0.0999. The molecule has 0 bridgehead atoms. The second-order valence-electron chi connectivity index (χ2n) is 7.38. The molecule has 0 aliphatic carbocycles. The highest BCUT2D eigenvalue weighted by molar-refractivity contribution is 9.10. The molecule has 31 heavy (non-hydrogen) atoms. The van der Waals surface area contributed by atoms with Gasteiger partial charge in [0, 0.05) is 27.6 Å². The van der Waals surface area contributed by atoms with Gasteiger partial charge < -0.3 is 14.3 Å². The molecule has 0 atom stereocenters. The summed E-state index contributed by atoms with van der Waals surface area (Å²) in [6.45, 7) is 4.19. The number of benzene rings is 2. The van der Waals surface area contributed by atoms with E-state index in [1.165, 1.54) is 11.8 Å². The van der Waals surface area contributed by atoms with Crippen molar-refractivity contribution < 1.29 is 9.21 Å². The van der Waals surface area contributed by atoms with E-state index in [1.54, 1.807) is 6.07 Å². The monoisotopic (exact) mass is 518 g/mol. The molecule has 160 valence electrons. The van der Waals surface area contributed by atoms with E-state index < -0.39 is 0 Å². The molecule has 0 fully saturated rings. The van der Waals surface area contributed by atoms with Gasteiger partial charge in [0.05, 0.1) is 5.75 Å². The lowest BCUT2D eigenvalue weighted by Gasteiger charge is -2.14. The third kappa shape index (κ3) is 4.81. The highest BCUT2D eigenvalue weighted by Crippen LogP contribution is 2.31. The van der Waals surface area contributed by atoms with Gasteiger partial charge in [-0.2, -0.15) is 0 Å². The zero-order valence-electron chi connectivity index (χ0n) is 17.1. The minimum Gasteiger partial charge on any atom is -0.453 e. The van der Waals surface area contributed by atoms with Crippen molar-refractivity contribution in [2.24, 2.45) is 7.05 Å². The third-order valence-electron chi connectivity index (χ3n) is 4.78. The smallest absolute Gasteiger partial charge is 0.234 e. The first-order chi connectivity index (χ1) is 14.8. The lowest BCUT2D eigenvalue weighted by atomic mass is 10.0. The van der Waals surface area contributed by atoms with Crippen LogP contribution < -0.4 is 5.32 Å². The SMILES string of the molecule is CC(C)c1cc(Br)ccc1NC(=O)CSc1nnc(-c2cc3cc(Cl)ccc3o2)n1C. The number of carbonyl (C=O) groups is 1. The van der Waals surface area contributed by atoms with Crippen molar-refractivity contribution >= 4 is 61.9 Å². The van der Waals surface area contributed by atoms with E-state index in [2.05, 4.69) is 45.3 Å². The van der Waals surface area contributed by atoms with Crippen LogP contribution in [0.4, 0.5) is 5.69 Å². The van der Waals surface area contributed by atoms with Crippen molar-refractivity contribution in [2.75, 3.05) is 11.1 Å². The van der Waals surface area contributed by atoms with E-state index in [-0.39, 0.29) is 11.7 Å². The molecular weight excluding hydrogens is 500 g/mol. The fourth-order valence-electron chi connectivity index (χ4n) is 3.22. The van der Waals surface area contributed by atoms with E-state index in [1.807, 2.05) is 48.0 Å². The van der Waals surface area contributed by atoms with Crippen molar-refractivity contribution in [3.05, 3.63) is 57.5 Å². The number of nitrogens with zero attached hydrogens (tertiary/aromatic N) is 3. The third-order valence-corrected chi connectivity index (χ3v) is 6.52. The van der Waals surface area contributed by atoms with Gasteiger partial charge in [0.25, 0.3) is 0 Å². The van der Waals surface area contributed by atoms with E-state index in [9.17, 15) is 4.79 Å². The van der Waals surface area contributed by atoms with E-state index >= 15 is 0 Å². The first-order valence-electron chi connectivity index (χ1n) is 9.63. The molecular formula is C22H20BrClN4O2S. The van der Waals surface area contributed by atoms with Gasteiger partial charge in [-0.25, -0.2) is 0 Å². The molecule has 9 heteroatoms. The maximum Gasteiger partial charge on any atom is 0.234 e. The summed E-state index contributed by atoms with van der Waals surface area (Å²) in [5.41, 5.74) is 2.63. The van der Waals surface area contributed by atoms with Gasteiger partial charge in [0.2, 0.25) is 5.91 Å². The summed E-state index contributed by atoms with van der Waals surface area (Å²) >= 11 is 10.9. The molecule has 0 radical (unpaired) electrons. The number of furan rings is 1. The van der Waals surface area contributed by atoms with Crippen LogP contribution in [0.3, 0.4) is 0 Å². The van der Waals surface area contributed by atoms with Crippen molar-refractivity contribution in [2.45, 2.75) is 24.9 Å². The maximum absolute atomic E-state index is 12.6. The van der Waals surface area contributed by atoms with Crippen molar-refractivity contribution in [3.63, 3.8) is 0 Å². The quantitative estimate of drug-likeness (QED) is 0.294. The predicted octanol–water partition coefficient (Wildman–Crippen LogP) is 6.50. The van der Waals surface area contributed by atoms with Gasteiger partial charge >= 0.3 is 0 Å². The maximum atomic E-state index is 12.6. The summed E-state index contributed by atoms with van der Waals surface area (Å²) in [5, 5.41) is 13.6. The largest absolute Gasteiger partial charge is 0.453 e. The number of amides is 1. The van der Waals surface area contributed by atoms with Crippen LogP contribution in [0.15, 0.2) is 56.5 Å². The molecule has 4 aromatic rings. The van der Waals surface area contributed by atoms with Crippen LogP contribution in [0.1, 0.15) is 25.3 Å². The topological polar surface area (TPSA) is 73.0 Å². The molecule has 0 saturated carbocycles. The number of halogens is 2. The van der Waals surface area contributed by atoms with Crippen LogP contribution in [0.2, 0.25) is 5.02 Å². The Morgan fingerprint density at radius 2 is 2.03 bits per heavy atom. The summed E-state index contributed by atoms with van der Waals surface area (Å²) in [7, 11) is 1.85. The molecule has 0 aliphatic heterocycles. The standard InChI is InChI=1S/C22H20BrClN4O2S/c1-12(2)16-10-14(23)4-6-17(16)25-20(29)11-31-22-27-26-21(28(22)3)19-9-13-8-15(24)5-7-18(13)30-19/h4-10,12H,11H2,1-3H3,(H,25,29). The summed E-state index contributed by atoms with van der Waals surface area (Å²) in [4.78, 5) is 12.6. The minimum absolute atomic E-state index is 0.0999. The number of rotatable bonds is 6. The number of anilines is 1. The van der Waals surface area contributed by atoms with Gasteiger partial charge in [0.15, 0.2) is 16.7 Å². The Kier molecular flexibility index (Phi) is 6.41. The lowest BCUT2D eigenvalue weighted by molar-refractivity contribution is -0.113. The Morgan fingerprint density at radius 1 is 1.23 bits per heavy atom. The van der Waals surface area contributed by atoms with Gasteiger partial charge in [-0.15, -0.1) is 10.2 Å². The van der Waals surface area contributed by atoms with Crippen molar-refractivity contribution in [3.8, 4) is 11.6 Å². The molecule has 2 aromatic heterocycles. The van der Waals surface area contributed by atoms with Crippen LogP contribution >= 0.6 is 39.3 Å². The highest BCUT2D eigenvalue weighted by atomic mass is 79.9. The number of carbonyl (C=O) groups excluding carboxylic acids is 1. The fraction of sp³-hybridized carbons (Fsp3) is 0.227. The number of hydrogen-bond acceptors (Lipinski definition) is 5. The van der Waals surface area contributed by atoms with Gasteiger partial charge in [-0.1, -0.05) is 53.1 Å². The van der Waals surface area contributed by atoms with Crippen LogP contribution in [0.5, 0.6) is 0 Å². The zero-order valence-corrected chi connectivity index (χ0v) is 20.3. The Morgan fingerprint density at radius 3 is 2.81 bits per heavy atom. The van der Waals surface area contributed by atoms with Gasteiger partial charge in [0.1, 0.15) is 5.58 Å². The molecule has 0 aliphatic rings. The lowest BCUT2D eigenvalue weighted by Crippen LogP contribution is -2.16. The Balaban J connectivity index is 1.46. The molecule has 2 aromatic carbocycles. The summed E-state index contributed by atoms with van der Waals surface area (Å²) in [6.07, 6.45) is 0. The molecule has 0 saturated heterocycles. The summed E-state index contributed by atoms with van der Waals surface area (Å²) in [6, 6.07) is 13.2. The Labute approximate surface area is 197 Å². The zero-order chi connectivity index (χ0) is 22.1. The summed E-state index contributed by atoms with van der Waals surface area (Å²) in [5.74, 6) is 1.60. The first kappa shape index (κ1) is 21.9. The Bertz CT molecular complexity index is 1270. The summed E-state index contributed by atoms with van der Waals surface area (Å²) < 4.78 is 8.68. The fourth-order valence-corrected chi connectivity index (χ4v) is 4.49. The number of nitrogens with one attached hydrogen (secondary N) is 1. The first-order valence-corrected chi connectivity index (χ1v) is 11.8. The second-order valence-corrected chi connectivity index (χ2v) is 9.68. The molecule has 1 amide bonds. The molecule has 4 rings (SSSR count). The van der Waals surface area contributed by atoms with E-state index in [4.69, 9.17) is 16.0 Å². The number of aromatic nitrogens is 3. The van der Waals surface area contributed by atoms with Crippen LogP contribution in [-0.4, -0.2) is 26.4 Å². The molecule has 1 N–H and O–H groups in total. The van der Waals surface area contributed by atoms with Crippen LogP contribution in [-0.2, 0) is 11.8 Å². The average molecular weight is 520 g/mol. The number of fused-ring (bicyclic) bond motifs is 1. The van der Waals surface area contributed by atoms with Crippen molar-refractivity contribution in [1.29, 1.82) is 0 Å². The van der Waals surface area contributed by atoms with Gasteiger partial charge in [-0.05, 0) is 53.9 Å².